The largest absolute Gasteiger partial charge is 0.381 e. The molecule has 738 valence electrons. The van der Waals surface area contributed by atoms with Gasteiger partial charge in [0.15, 0.2) is 0 Å². The van der Waals surface area contributed by atoms with E-state index in [1.807, 2.05) is 0 Å². The number of rotatable bonds is 96. The molecule has 0 aromatic carbocycles. The Morgan fingerprint density at radius 3 is 0.719 bits per heavy atom. The third-order valence-corrected chi connectivity index (χ3v) is 27.2. The smallest absolute Gasteiger partial charge is 0.0724 e. The van der Waals surface area contributed by atoms with Crippen LogP contribution in [0.5, 0.6) is 0 Å². The third kappa shape index (κ3) is 54.1. The summed E-state index contributed by atoms with van der Waals surface area (Å²) >= 11 is 0. The predicted octanol–water partition coefficient (Wildman–Crippen LogP) is 34.4. The summed E-state index contributed by atoms with van der Waals surface area (Å²) in [6, 6.07) is 4.68. The maximum atomic E-state index is 7.12. The van der Waals surface area contributed by atoms with Gasteiger partial charge in [-0.2, -0.15) is 0 Å². The molecule has 0 saturated carbocycles. The first-order valence-corrected chi connectivity index (χ1v) is 56.3. The second kappa shape index (κ2) is 83.8. The molecule has 0 saturated heterocycles. The Kier molecular flexibility index (Phi) is 75.2. The van der Waals surface area contributed by atoms with Crippen molar-refractivity contribution in [2.45, 2.75) is 518 Å². The minimum absolute atomic E-state index is 0.582. The molecule has 0 fully saturated rings. The van der Waals surface area contributed by atoms with Gasteiger partial charge in [0.05, 0.1) is 86.7 Å². The van der Waals surface area contributed by atoms with Crippen molar-refractivity contribution >= 4 is 45.9 Å². The number of nitrogens with zero attached hydrogens (tertiary/aromatic N) is 3. The van der Waals surface area contributed by atoms with E-state index in [2.05, 4.69) is 95.3 Å². The fraction of sp³-hybridized carbons (Fsp3) is 0.828. The number of aromatic amines is 1. The first-order valence-electron chi connectivity index (χ1n) is 56.3. The Hall–Kier alpha value is -3.72. The molecule has 12 nitrogen and oxygen atoms in total. The van der Waals surface area contributed by atoms with E-state index in [1.165, 1.54) is 410 Å². The Labute approximate surface area is 790 Å². The topological polar surface area (TPSA) is 120 Å². The minimum atomic E-state index is 0.582. The fourth-order valence-electron chi connectivity index (χ4n) is 19.1. The van der Waals surface area contributed by atoms with Crippen LogP contribution in [0.4, 0.5) is 0 Å². The van der Waals surface area contributed by atoms with Crippen molar-refractivity contribution in [2.75, 3.05) is 106 Å². The van der Waals surface area contributed by atoms with Gasteiger partial charge in [0, 0.05) is 92.7 Å². The Morgan fingerprint density at radius 2 is 0.430 bits per heavy atom. The first kappa shape index (κ1) is 115. The van der Waals surface area contributed by atoms with E-state index < -0.39 is 0 Å². The molecule has 1 N–H and O–H groups in total. The van der Waals surface area contributed by atoms with Crippen LogP contribution >= 0.6 is 0 Å². The highest BCUT2D eigenvalue weighted by Gasteiger charge is 2.28. The van der Waals surface area contributed by atoms with Gasteiger partial charge in [-0.15, -0.1) is 0 Å². The van der Waals surface area contributed by atoms with Gasteiger partial charge in [-0.1, -0.05) is 415 Å². The van der Waals surface area contributed by atoms with Gasteiger partial charge in [0.25, 0.3) is 0 Å². The van der Waals surface area contributed by atoms with Crippen molar-refractivity contribution in [1.29, 1.82) is 0 Å². The molecule has 2 aliphatic rings. The molecular weight excluding hydrogens is 1580 g/mol. The van der Waals surface area contributed by atoms with Crippen molar-refractivity contribution in [2.24, 2.45) is 0 Å². The zero-order chi connectivity index (χ0) is 90.8. The summed E-state index contributed by atoms with van der Waals surface area (Å²) < 4.78 is 58.7. The number of aromatic nitrogens is 4. The van der Waals surface area contributed by atoms with Crippen LogP contribution in [0.3, 0.4) is 0 Å². The average Bonchev–Trinajstić information content (AvgIpc) is 1.58. The zero-order valence-electron chi connectivity index (χ0n) is 85.7. The van der Waals surface area contributed by atoms with Crippen LogP contribution in [0.2, 0.25) is 0 Å². The van der Waals surface area contributed by atoms with Gasteiger partial charge >= 0.3 is 0 Å². The van der Waals surface area contributed by atoms with Gasteiger partial charge in [0.1, 0.15) is 0 Å². The standard InChI is InChI=1S/C116H206N4O8/c1-9-17-25-33-41-49-57-65-85-121-93-77-102-101-113-106(81-97-125-89-69-61-53-45-37-29-21-13-5)111-74-73-109(117-111)105(80-96-124-88-68-60-52-44-36-28-20-12-4)110-75-76-112(118-110)107(82-98-126-90-70-62-54-46-38-30-22-14-6)115-103(78-94-122-86-66-58-50-42-34-26-18-10-2)104(79-95-123-87-67-59-51-43-35-27-19-11-3)116(120(115)84-100-128-92-72-64-56-48-40-32-24-16-8)108(114(102)119-113)83-99-127-91-71-63-55-47-39-31-23-15-7/h73-76,101,117H,9-72,77-100H2,1-8H3. The van der Waals surface area contributed by atoms with Crippen LogP contribution < -0.4 is 0 Å². The summed E-state index contributed by atoms with van der Waals surface area (Å²) in [5, 5.41) is 0. The molecule has 0 spiro atoms. The molecule has 0 unspecified atom stereocenters. The Balaban J connectivity index is 1.93. The van der Waals surface area contributed by atoms with Gasteiger partial charge in [-0.05, 0) is 143 Å². The van der Waals surface area contributed by atoms with E-state index in [0.29, 0.717) is 72.2 Å². The van der Waals surface area contributed by atoms with Gasteiger partial charge in [0.2, 0.25) is 0 Å². The molecule has 0 radical (unpaired) electrons. The summed E-state index contributed by atoms with van der Waals surface area (Å²) in [4.78, 5) is 16.5. The van der Waals surface area contributed by atoms with E-state index in [0.717, 1.165) is 170 Å². The van der Waals surface area contributed by atoms with Crippen LogP contribution in [-0.2, 0) is 83.0 Å². The quantitative estimate of drug-likeness (QED) is 0.0428. The average molecular weight is 1780 g/mol. The second-order valence-corrected chi connectivity index (χ2v) is 38.7. The predicted molar refractivity (Wildman–Crippen MR) is 556 cm³/mol. The molecule has 5 rings (SSSR count). The fourth-order valence-corrected chi connectivity index (χ4v) is 19.1. The highest BCUT2D eigenvalue weighted by molar-refractivity contribution is 5.91. The lowest BCUT2D eigenvalue weighted by atomic mass is 9.96. The first-order chi connectivity index (χ1) is 63.5. The number of unbranched alkanes of at least 4 members (excludes halogenated alkanes) is 56. The molecule has 12 heteroatoms. The number of ether oxygens (including phenoxy) is 8. The van der Waals surface area contributed by atoms with Crippen molar-refractivity contribution in [3.05, 3.63) is 68.3 Å². The SMILES string of the molecule is CCCCCCCCCCOCCC1=Cc2nc1c(CCOCCCCCCCCCC)c1c(CCOCCCCCCCCCC)c(CCOCCCCCCCCCC)c(c(CCOCCCCCCCCCC)c3nc(c(CCOCCCCCCCCCC)c4ccc([nH]4)c2CCOCCCCCCCCCC)C=C3)n1CCOCCCCCCCCCC. The van der Waals surface area contributed by atoms with Crippen LogP contribution in [0.15, 0.2) is 12.1 Å². The maximum absolute atomic E-state index is 7.12. The molecule has 2 aliphatic heterocycles. The number of hydrogen-bond donors (Lipinski definition) is 1. The molecule has 3 aromatic heterocycles. The zero-order valence-corrected chi connectivity index (χ0v) is 85.7. The molecule has 5 heterocycles. The Bertz CT molecular complexity index is 3280. The van der Waals surface area contributed by atoms with E-state index in [1.54, 1.807) is 0 Å². The van der Waals surface area contributed by atoms with Crippen LogP contribution in [0.1, 0.15) is 529 Å². The van der Waals surface area contributed by atoms with E-state index in [-0.39, 0.29) is 0 Å². The summed E-state index contributed by atoms with van der Waals surface area (Å²) in [7, 11) is 0. The molecule has 0 atom stereocenters. The van der Waals surface area contributed by atoms with E-state index in [9.17, 15) is 0 Å². The monoisotopic (exact) mass is 1780 g/mol. The van der Waals surface area contributed by atoms with Gasteiger partial charge < -0.3 is 47.4 Å². The lowest BCUT2D eigenvalue weighted by Gasteiger charge is -2.16. The number of nitrogens with one attached hydrogen (secondary N) is 1. The summed E-state index contributed by atoms with van der Waals surface area (Å²) in [6.45, 7) is 30.2. The third-order valence-electron chi connectivity index (χ3n) is 27.2. The van der Waals surface area contributed by atoms with Crippen molar-refractivity contribution in [1.82, 2.24) is 19.5 Å². The van der Waals surface area contributed by atoms with Crippen molar-refractivity contribution in [3.8, 4) is 0 Å². The molecule has 0 amide bonds. The number of H-pyrrole nitrogens is 1. The van der Waals surface area contributed by atoms with Gasteiger partial charge in [-0.3, -0.25) is 0 Å². The lowest BCUT2D eigenvalue weighted by molar-refractivity contribution is 0.123. The van der Waals surface area contributed by atoms with E-state index >= 15 is 0 Å². The molecule has 128 heavy (non-hydrogen) atoms. The summed E-state index contributed by atoms with van der Waals surface area (Å²) in [5.41, 5.74) is 17.7. The van der Waals surface area contributed by atoms with Crippen molar-refractivity contribution in [3.63, 3.8) is 0 Å². The maximum Gasteiger partial charge on any atom is 0.0724 e. The molecule has 3 aromatic rings. The highest BCUT2D eigenvalue weighted by Crippen LogP contribution is 2.39. The van der Waals surface area contributed by atoms with Gasteiger partial charge in [-0.25, -0.2) is 9.97 Å². The minimum Gasteiger partial charge on any atom is -0.381 e. The van der Waals surface area contributed by atoms with E-state index in [4.69, 9.17) is 47.9 Å². The van der Waals surface area contributed by atoms with Crippen LogP contribution in [0, 0.1) is 0 Å². The Morgan fingerprint density at radius 1 is 0.211 bits per heavy atom. The van der Waals surface area contributed by atoms with Crippen molar-refractivity contribution < 1.29 is 37.9 Å². The number of fused-ring (bicyclic) bond motifs is 8. The number of hydrogen-bond acceptors (Lipinski definition) is 10. The highest BCUT2D eigenvalue weighted by atomic mass is 16.5. The van der Waals surface area contributed by atoms with Crippen LogP contribution in [-0.4, -0.2) is 125 Å². The summed E-state index contributed by atoms with van der Waals surface area (Å²) in [6.07, 6.45) is 93.8. The summed E-state index contributed by atoms with van der Waals surface area (Å²) in [5.74, 6) is 0. The molecule has 8 bridgehead atoms. The lowest BCUT2D eigenvalue weighted by Crippen LogP contribution is -2.12. The molecule has 0 aliphatic carbocycles. The molecular formula is C116H206N4O8. The second-order valence-electron chi connectivity index (χ2n) is 38.7. The normalized spacial score (nSPS) is 12.3. The van der Waals surface area contributed by atoms with Crippen LogP contribution in [0.25, 0.3) is 45.9 Å².